The van der Waals surface area contributed by atoms with Gasteiger partial charge in [-0.25, -0.2) is 4.39 Å². The van der Waals surface area contributed by atoms with E-state index in [-0.39, 0.29) is 11.7 Å². The summed E-state index contributed by atoms with van der Waals surface area (Å²) in [4.78, 5) is 0. The second kappa shape index (κ2) is 4.81. The van der Waals surface area contributed by atoms with Crippen molar-refractivity contribution in [3.8, 4) is 11.8 Å². The lowest BCUT2D eigenvalue weighted by Crippen LogP contribution is -1.99. The number of rotatable bonds is 2. The van der Waals surface area contributed by atoms with Gasteiger partial charge in [0.05, 0.1) is 0 Å². The summed E-state index contributed by atoms with van der Waals surface area (Å²) in [5.41, 5.74) is 1.71. The summed E-state index contributed by atoms with van der Waals surface area (Å²) in [6, 6.07) is 5.35. The summed E-state index contributed by atoms with van der Waals surface area (Å²) in [5.74, 6) is 5.97. The van der Waals surface area contributed by atoms with Crippen molar-refractivity contribution in [1.82, 2.24) is 0 Å². The monoisotopic (exact) mass is 190 g/mol. The third-order valence-electron chi connectivity index (χ3n) is 2.13. The molecule has 0 saturated heterocycles. The van der Waals surface area contributed by atoms with Crippen molar-refractivity contribution in [3.05, 3.63) is 35.1 Å². The van der Waals surface area contributed by atoms with Gasteiger partial charge in [-0.1, -0.05) is 19.1 Å². The second-order valence-electron chi connectivity index (χ2n) is 3.59. The third-order valence-corrected chi connectivity index (χ3v) is 2.13. The van der Waals surface area contributed by atoms with Crippen molar-refractivity contribution in [1.29, 1.82) is 0 Å². The number of hydrogen-bond donors (Lipinski definition) is 0. The summed E-state index contributed by atoms with van der Waals surface area (Å²) in [7, 11) is 0. The van der Waals surface area contributed by atoms with E-state index in [2.05, 4.69) is 11.8 Å². The minimum atomic E-state index is -0.116. The van der Waals surface area contributed by atoms with Crippen LogP contribution in [-0.4, -0.2) is 0 Å². The first-order valence-electron chi connectivity index (χ1n) is 4.80. The minimum absolute atomic E-state index is 0.116. The molecule has 1 unspecified atom stereocenters. The first-order valence-corrected chi connectivity index (χ1v) is 4.80. The minimum Gasteiger partial charge on any atom is -0.207 e. The number of aryl methyl sites for hydroxylation is 1. The van der Waals surface area contributed by atoms with Crippen LogP contribution in [0.2, 0.25) is 0 Å². The molecule has 0 fully saturated rings. The van der Waals surface area contributed by atoms with Gasteiger partial charge in [0.15, 0.2) is 0 Å². The molecule has 1 atom stereocenters. The van der Waals surface area contributed by atoms with E-state index in [9.17, 15) is 4.39 Å². The lowest BCUT2D eigenvalue weighted by atomic mass is 10.0. The van der Waals surface area contributed by atoms with Crippen LogP contribution in [0.3, 0.4) is 0 Å². The topological polar surface area (TPSA) is 0 Å². The van der Waals surface area contributed by atoms with E-state index in [4.69, 9.17) is 0 Å². The van der Waals surface area contributed by atoms with E-state index in [1.165, 1.54) is 0 Å². The maximum Gasteiger partial charge on any atom is 0.126 e. The maximum atomic E-state index is 13.4. The van der Waals surface area contributed by atoms with Gasteiger partial charge in [-0.2, -0.15) is 0 Å². The Morgan fingerprint density at radius 1 is 1.43 bits per heavy atom. The fraction of sp³-hybridized carbons (Fsp3) is 0.385. The molecule has 1 heteroatoms. The summed E-state index contributed by atoms with van der Waals surface area (Å²) in [6.07, 6.45) is 0.687. The highest BCUT2D eigenvalue weighted by Gasteiger charge is 2.05. The molecule has 0 aromatic heterocycles. The van der Waals surface area contributed by atoms with Gasteiger partial charge in [0.25, 0.3) is 0 Å². The van der Waals surface area contributed by atoms with Gasteiger partial charge >= 0.3 is 0 Å². The first-order chi connectivity index (χ1) is 6.63. The van der Waals surface area contributed by atoms with E-state index >= 15 is 0 Å². The SMILES string of the molecule is CC#CC(C)Cc1ccc(C)cc1F. The van der Waals surface area contributed by atoms with Crippen LogP contribution in [0, 0.1) is 30.5 Å². The molecule has 0 N–H and O–H groups in total. The Balaban J connectivity index is 2.80. The smallest absolute Gasteiger partial charge is 0.126 e. The number of benzene rings is 1. The molecule has 0 bridgehead atoms. The van der Waals surface area contributed by atoms with Gasteiger partial charge in [-0.15, -0.1) is 11.8 Å². The molecule has 0 aliphatic carbocycles. The first kappa shape index (κ1) is 10.8. The fourth-order valence-corrected chi connectivity index (χ4v) is 1.45. The second-order valence-corrected chi connectivity index (χ2v) is 3.59. The maximum absolute atomic E-state index is 13.4. The largest absolute Gasteiger partial charge is 0.207 e. The summed E-state index contributed by atoms with van der Waals surface area (Å²) < 4.78 is 13.4. The van der Waals surface area contributed by atoms with Gasteiger partial charge in [0.2, 0.25) is 0 Å². The zero-order chi connectivity index (χ0) is 10.6. The Bertz CT molecular complexity index is 369. The van der Waals surface area contributed by atoms with Crippen LogP contribution in [-0.2, 0) is 6.42 Å². The van der Waals surface area contributed by atoms with Crippen molar-refractivity contribution in [2.75, 3.05) is 0 Å². The molecule has 1 aromatic carbocycles. The molecule has 0 heterocycles. The summed E-state index contributed by atoms with van der Waals surface area (Å²) in [5, 5.41) is 0. The third kappa shape index (κ3) is 2.88. The van der Waals surface area contributed by atoms with Crippen molar-refractivity contribution in [3.63, 3.8) is 0 Å². The average Bonchev–Trinajstić information content (AvgIpc) is 2.10. The van der Waals surface area contributed by atoms with Crippen LogP contribution < -0.4 is 0 Å². The van der Waals surface area contributed by atoms with Crippen LogP contribution >= 0.6 is 0 Å². The van der Waals surface area contributed by atoms with E-state index in [0.29, 0.717) is 6.42 Å². The number of hydrogen-bond acceptors (Lipinski definition) is 0. The van der Waals surface area contributed by atoms with E-state index in [1.54, 1.807) is 6.07 Å². The van der Waals surface area contributed by atoms with Gasteiger partial charge in [-0.05, 0) is 37.5 Å². The zero-order valence-corrected chi connectivity index (χ0v) is 8.89. The Labute approximate surface area is 85.2 Å². The normalized spacial score (nSPS) is 11.7. The van der Waals surface area contributed by atoms with Crippen molar-refractivity contribution < 1.29 is 4.39 Å². The fourth-order valence-electron chi connectivity index (χ4n) is 1.45. The van der Waals surface area contributed by atoms with Crippen molar-refractivity contribution in [2.45, 2.75) is 27.2 Å². The Kier molecular flexibility index (Phi) is 3.71. The van der Waals surface area contributed by atoms with Crippen LogP contribution in [0.15, 0.2) is 18.2 Å². The highest BCUT2D eigenvalue weighted by atomic mass is 19.1. The highest BCUT2D eigenvalue weighted by molar-refractivity contribution is 5.24. The molecular formula is C13H15F. The van der Waals surface area contributed by atoms with Crippen LogP contribution in [0.5, 0.6) is 0 Å². The molecule has 1 rings (SSSR count). The van der Waals surface area contributed by atoms with Crippen LogP contribution in [0.1, 0.15) is 25.0 Å². The predicted octanol–water partition coefficient (Wildman–Crippen LogP) is 3.34. The highest BCUT2D eigenvalue weighted by Crippen LogP contribution is 2.14. The lowest BCUT2D eigenvalue weighted by molar-refractivity contribution is 0.594. The van der Waals surface area contributed by atoms with Crippen LogP contribution in [0.4, 0.5) is 4.39 Å². The van der Waals surface area contributed by atoms with Crippen molar-refractivity contribution in [2.24, 2.45) is 5.92 Å². The summed E-state index contributed by atoms with van der Waals surface area (Å²) >= 11 is 0. The average molecular weight is 190 g/mol. The molecule has 0 aliphatic heterocycles. The Hall–Kier alpha value is -1.29. The molecule has 74 valence electrons. The van der Waals surface area contributed by atoms with Gasteiger partial charge in [0, 0.05) is 5.92 Å². The molecular weight excluding hydrogens is 175 g/mol. The van der Waals surface area contributed by atoms with Gasteiger partial charge in [0.1, 0.15) is 5.82 Å². The predicted molar refractivity (Wildman–Crippen MR) is 57.5 cm³/mol. The number of halogens is 1. The van der Waals surface area contributed by atoms with Crippen molar-refractivity contribution >= 4 is 0 Å². The molecule has 0 nitrogen and oxygen atoms in total. The van der Waals surface area contributed by atoms with Gasteiger partial charge < -0.3 is 0 Å². The zero-order valence-electron chi connectivity index (χ0n) is 8.89. The molecule has 0 radical (unpaired) electrons. The molecule has 0 aliphatic rings. The van der Waals surface area contributed by atoms with E-state index < -0.39 is 0 Å². The molecule has 14 heavy (non-hydrogen) atoms. The summed E-state index contributed by atoms with van der Waals surface area (Å²) in [6.45, 7) is 5.71. The standard InChI is InChI=1S/C13H15F/c1-4-5-10(2)8-12-7-6-11(3)9-13(12)14/h6-7,9-10H,8H2,1-3H3. The molecule has 0 saturated carbocycles. The quantitative estimate of drug-likeness (QED) is 0.627. The van der Waals surface area contributed by atoms with E-state index in [1.807, 2.05) is 32.9 Å². The van der Waals surface area contributed by atoms with Gasteiger partial charge in [-0.3, -0.25) is 0 Å². The molecule has 1 aromatic rings. The van der Waals surface area contributed by atoms with Crippen LogP contribution in [0.25, 0.3) is 0 Å². The molecule has 0 amide bonds. The van der Waals surface area contributed by atoms with E-state index in [0.717, 1.165) is 11.1 Å². The molecule has 0 spiro atoms. The Morgan fingerprint density at radius 2 is 2.14 bits per heavy atom. The lowest BCUT2D eigenvalue weighted by Gasteiger charge is -2.06. The Morgan fingerprint density at radius 3 is 2.71 bits per heavy atom.